The SMILES string of the molecule is O=C1CN(C(=O)Nc2ccc(C(=O)O)c(O)c2)CCN1. The van der Waals surface area contributed by atoms with Crippen molar-refractivity contribution in [3.63, 3.8) is 0 Å². The molecule has 8 nitrogen and oxygen atoms in total. The van der Waals surface area contributed by atoms with Crippen LogP contribution >= 0.6 is 0 Å². The minimum absolute atomic E-state index is 0.0367. The summed E-state index contributed by atoms with van der Waals surface area (Å²) in [6.07, 6.45) is 0. The molecule has 2 rings (SSSR count). The topological polar surface area (TPSA) is 119 Å². The van der Waals surface area contributed by atoms with Gasteiger partial charge >= 0.3 is 12.0 Å². The van der Waals surface area contributed by atoms with E-state index in [1.165, 1.54) is 17.0 Å². The minimum atomic E-state index is -1.26. The van der Waals surface area contributed by atoms with Gasteiger partial charge < -0.3 is 25.7 Å². The zero-order valence-corrected chi connectivity index (χ0v) is 10.4. The Bertz CT molecular complexity index is 572. The first-order chi connectivity index (χ1) is 9.47. The number of carboxylic acids is 1. The molecule has 1 aliphatic rings. The van der Waals surface area contributed by atoms with E-state index in [9.17, 15) is 19.5 Å². The molecule has 0 aromatic heterocycles. The molecule has 1 aromatic carbocycles. The van der Waals surface area contributed by atoms with Crippen molar-refractivity contribution in [2.45, 2.75) is 0 Å². The summed E-state index contributed by atoms with van der Waals surface area (Å²) in [5.74, 6) is -1.93. The van der Waals surface area contributed by atoms with E-state index in [0.717, 1.165) is 6.07 Å². The lowest BCUT2D eigenvalue weighted by atomic mass is 10.2. The Kier molecular flexibility index (Phi) is 3.74. The van der Waals surface area contributed by atoms with Gasteiger partial charge in [-0.2, -0.15) is 0 Å². The molecule has 3 amide bonds. The van der Waals surface area contributed by atoms with Crippen molar-refractivity contribution in [2.75, 3.05) is 25.0 Å². The molecule has 1 aromatic rings. The van der Waals surface area contributed by atoms with Crippen LogP contribution in [0.25, 0.3) is 0 Å². The fourth-order valence-corrected chi connectivity index (χ4v) is 1.80. The Labute approximate surface area is 114 Å². The van der Waals surface area contributed by atoms with Crippen LogP contribution in [0.2, 0.25) is 0 Å². The monoisotopic (exact) mass is 279 g/mol. The highest BCUT2D eigenvalue weighted by Gasteiger charge is 2.21. The van der Waals surface area contributed by atoms with Crippen molar-refractivity contribution in [1.29, 1.82) is 0 Å². The number of aromatic hydroxyl groups is 1. The van der Waals surface area contributed by atoms with E-state index in [4.69, 9.17) is 5.11 Å². The highest BCUT2D eigenvalue weighted by Crippen LogP contribution is 2.22. The molecule has 0 radical (unpaired) electrons. The summed E-state index contributed by atoms with van der Waals surface area (Å²) >= 11 is 0. The number of nitrogens with one attached hydrogen (secondary N) is 2. The maximum absolute atomic E-state index is 11.9. The van der Waals surface area contributed by atoms with Crippen LogP contribution in [0.1, 0.15) is 10.4 Å². The molecule has 0 saturated carbocycles. The van der Waals surface area contributed by atoms with Crippen LogP contribution in [0.3, 0.4) is 0 Å². The van der Waals surface area contributed by atoms with Crippen LogP contribution in [0.4, 0.5) is 10.5 Å². The molecule has 106 valence electrons. The fraction of sp³-hybridized carbons (Fsp3) is 0.250. The zero-order valence-electron chi connectivity index (χ0n) is 10.4. The summed E-state index contributed by atoms with van der Waals surface area (Å²) in [5.41, 5.74) is 0.00355. The summed E-state index contributed by atoms with van der Waals surface area (Å²) < 4.78 is 0. The van der Waals surface area contributed by atoms with E-state index < -0.39 is 17.7 Å². The van der Waals surface area contributed by atoms with Gasteiger partial charge in [0.05, 0.1) is 0 Å². The molecule has 0 aliphatic carbocycles. The van der Waals surface area contributed by atoms with Gasteiger partial charge in [-0.05, 0) is 12.1 Å². The Morgan fingerprint density at radius 1 is 1.35 bits per heavy atom. The molecule has 20 heavy (non-hydrogen) atoms. The standard InChI is InChI=1S/C12H13N3O5/c16-9-5-7(1-2-8(9)11(18)19)14-12(20)15-4-3-13-10(17)6-15/h1-2,5,16H,3-4,6H2,(H,13,17)(H,14,20)(H,18,19). The number of hydrogen-bond donors (Lipinski definition) is 4. The van der Waals surface area contributed by atoms with Gasteiger partial charge in [0, 0.05) is 24.8 Å². The average Bonchev–Trinajstić information content (AvgIpc) is 2.38. The Balaban J connectivity index is 2.06. The number of rotatable bonds is 2. The number of benzene rings is 1. The molecule has 0 unspecified atom stereocenters. The smallest absolute Gasteiger partial charge is 0.339 e. The first kappa shape index (κ1) is 13.7. The van der Waals surface area contributed by atoms with Crippen molar-refractivity contribution >= 4 is 23.6 Å². The van der Waals surface area contributed by atoms with Gasteiger partial charge in [-0.15, -0.1) is 0 Å². The minimum Gasteiger partial charge on any atom is -0.507 e. The maximum Gasteiger partial charge on any atom is 0.339 e. The average molecular weight is 279 g/mol. The number of piperazine rings is 1. The van der Waals surface area contributed by atoms with E-state index in [1.807, 2.05) is 0 Å². The number of anilines is 1. The van der Waals surface area contributed by atoms with Crippen LogP contribution in [-0.2, 0) is 4.79 Å². The normalized spacial score (nSPS) is 14.6. The Morgan fingerprint density at radius 2 is 2.10 bits per heavy atom. The number of carbonyl (C=O) groups is 3. The molecule has 0 spiro atoms. The number of urea groups is 1. The molecule has 1 aliphatic heterocycles. The molecule has 4 N–H and O–H groups in total. The number of hydrogen-bond acceptors (Lipinski definition) is 4. The number of amides is 3. The van der Waals surface area contributed by atoms with Gasteiger partial charge in [0.25, 0.3) is 0 Å². The molecule has 1 saturated heterocycles. The fourth-order valence-electron chi connectivity index (χ4n) is 1.80. The van der Waals surface area contributed by atoms with Gasteiger partial charge in [0.15, 0.2) is 0 Å². The van der Waals surface area contributed by atoms with E-state index in [2.05, 4.69) is 10.6 Å². The third-order valence-electron chi connectivity index (χ3n) is 2.80. The highest BCUT2D eigenvalue weighted by atomic mass is 16.4. The molecule has 8 heteroatoms. The first-order valence-corrected chi connectivity index (χ1v) is 5.86. The number of nitrogens with zero attached hydrogens (tertiary/aromatic N) is 1. The number of aromatic carboxylic acids is 1. The van der Waals surface area contributed by atoms with Crippen LogP contribution in [-0.4, -0.2) is 52.7 Å². The molecule has 1 heterocycles. The molecular formula is C12H13N3O5. The van der Waals surface area contributed by atoms with Crippen molar-refractivity contribution in [3.05, 3.63) is 23.8 Å². The van der Waals surface area contributed by atoms with E-state index in [1.54, 1.807) is 0 Å². The van der Waals surface area contributed by atoms with Gasteiger partial charge in [0.2, 0.25) is 5.91 Å². The highest BCUT2D eigenvalue weighted by molar-refractivity contribution is 5.95. The zero-order chi connectivity index (χ0) is 14.7. The van der Waals surface area contributed by atoms with Crippen LogP contribution < -0.4 is 10.6 Å². The second kappa shape index (κ2) is 5.47. The summed E-state index contributed by atoms with van der Waals surface area (Å²) in [6, 6.07) is 3.22. The number of carboxylic acid groups (broad SMARTS) is 1. The lowest BCUT2D eigenvalue weighted by Gasteiger charge is -2.26. The lowest BCUT2D eigenvalue weighted by molar-refractivity contribution is -0.123. The summed E-state index contributed by atoms with van der Waals surface area (Å²) in [5, 5.41) is 23.4. The van der Waals surface area contributed by atoms with Crippen LogP contribution in [0.5, 0.6) is 5.75 Å². The second-order valence-electron chi connectivity index (χ2n) is 4.24. The van der Waals surface area contributed by atoms with Crippen LogP contribution in [0.15, 0.2) is 18.2 Å². The number of carbonyl (C=O) groups excluding carboxylic acids is 2. The second-order valence-corrected chi connectivity index (χ2v) is 4.24. The quantitative estimate of drug-likeness (QED) is 0.610. The van der Waals surface area contributed by atoms with Gasteiger partial charge in [0.1, 0.15) is 17.9 Å². The number of phenols is 1. The largest absolute Gasteiger partial charge is 0.507 e. The van der Waals surface area contributed by atoms with E-state index >= 15 is 0 Å². The van der Waals surface area contributed by atoms with Gasteiger partial charge in [-0.1, -0.05) is 0 Å². The third kappa shape index (κ3) is 2.97. The molecule has 0 bridgehead atoms. The van der Waals surface area contributed by atoms with Gasteiger partial charge in [-0.3, -0.25) is 4.79 Å². The van der Waals surface area contributed by atoms with E-state index in [0.29, 0.717) is 13.1 Å². The predicted octanol–water partition coefficient (Wildman–Crippen LogP) is 0.0541. The van der Waals surface area contributed by atoms with E-state index in [-0.39, 0.29) is 23.7 Å². The summed E-state index contributed by atoms with van der Waals surface area (Å²) in [7, 11) is 0. The Morgan fingerprint density at radius 3 is 2.70 bits per heavy atom. The maximum atomic E-state index is 11.9. The predicted molar refractivity (Wildman–Crippen MR) is 68.7 cm³/mol. The molecule has 0 atom stereocenters. The molecule has 1 fully saturated rings. The van der Waals surface area contributed by atoms with Crippen molar-refractivity contribution in [1.82, 2.24) is 10.2 Å². The summed E-state index contributed by atoms with van der Waals surface area (Å²) in [6.45, 7) is 0.733. The lowest BCUT2D eigenvalue weighted by Crippen LogP contribution is -2.51. The van der Waals surface area contributed by atoms with Crippen LogP contribution in [0, 0.1) is 0 Å². The third-order valence-corrected chi connectivity index (χ3v) is 2.80. The first-order valence-electron chi connectivity index (χ1n) is 5.86. The Hall–Kier alpha value is -2.77. The van der Waals surface area contributed by atoms with Crippen molar-refractivity contribution in [3.8, 4) is 5.75 Å². The molecular weight excluding hydrogens is 266 g/mol. The van der Waals surface area contributed by atoms with Crippen molar-refractivity contribution in [2.24, 2.45) is 0 Å². The van der Waals surface area contributed by atoms with Gasteiger partial charge in [-0.25, -0.2) is 9.59 Å². The summed E-state index contributed by atoms with van der Waals surface area (Å²) in [4.78, 5) is 35.1. The van der Waals surface area contributed by atoms with Crippen molar-refractivity contribution < 1.29 is 24.6 Å².